The molecular weight excluding hydrogens is 240 g/mol. The molecule has 5 heteroatoms. The van der Waals surface area contributed by atoms with Crippen molar-refractivity contribution < 1.29 is 0 Å². The topological polar surface area (TPSA) is 83.8 Å². The molecule has 1 heterocycles. The summed E-state index contributed by atoms with van der Waals surface area (Å²) in [6, 6.07) is 5.61. The molecular formula is C14H13N4O. The second-order valence-corrected chi connectivity index (χ2v) is 4.33. The Morgan fingerprint density at radius 3 is 2.84 bits per heavy atom. The van der Waals surface area contributed by atoms with E-state index < -0.39 is 5.69 Å². The summed E-state index contributed by atoms with van der Waals surface area (Å²) in [5.41, 5.74) is 6.96. The van der Waals surface area contributed by atoms with Crippen LogP contribution in [0.4, 0.5) is 11.5 Å². The predicted molar refractivity (Wildman–Crippen MR) is 75.7 cm³/mol. The van der Waals surface area contributed by atoms with Gasteiger partial charge in [0.05, 0.1) is 5.52 Å². The molecule has 5 radical (unpaired) electrons. The molecule has 1 fully saturated rings. The van der Waals surface area contributed by atoms with Gasteiger partial charge >= 0.3 is 5.69 Å². The highest BCUT2D eigenvalue weighted by atomic mass is 16.1. The van der Waals surface area contributed by atoms with Gasteiger partial charge in [0, 0.05) is 23.5 Å². The normalized spacial score (nSPS) is 16.0. The van der Waals surface area contributed by atoms with Crippen LogP contribution in [-0.2, 0) is 0 Å². The van der Waals surface area contributed by atoms with E-state index in [4.69, 9.17) is 5.73 Å². The van der Waals surface area contributed by atoms with Crippen LogP contribution in [0.25, 0.3) is 10.9 Å². The van der Waals surface area contributed by atoms with Crippen LogP contribution in [0, 0.1) is 31.6 Å². The van der Waals surface area contributed by atoms with Gasteiger partial charge in [-0.25, -0.2) is 4.79 Å². The number of hydrogen-bond donors (Lipinski definition) is 3. The Hall–Kier alpha value is -2.04. The quantitative estimate of drug-likeness (QED) is 0.770. The van der Waals surface area contributed by atoms with Gasteiger partial charge in [-0.05, 0) is 43.9 Å². The van der Waals surface area contributed by atoms with Crippen molar-refractivity contribution in [1.82, 2.24) is 9.97 Å². The Morgan fingerprint density at radius 1 is 1.26 bits per heavy atom. The highest BCUT2D eigenvalue weighted by molar-refractivity contribution is 5.90. The highest BCUT2D eigenvalue weighted by Crippen LogP contribution is 2.25. The lowest BCUT2D eigenvalue weighted by Crippen LogP contribution is -2.13. The highest BCUT2D eigenvalue weighted by Gasteiger charge is 2.16. The van der Waals surface area contributed by atoms with Gasteiger partial charge < -0.3 is 16.0 Å². The molecule has 3 rings (SSSR count). The molecule has 0 amide bonds. The first-order valence-corrected chi connectivity index (χ1v) is 5.96. The van der Waals surface area contributed by atoms with E-state index in [1.165, 1.54) is 5.92 Å². The zero-order valence-corrected chi connectivity index (χ0v) is 10.2. The predicted octanol–water partition coefficient (Wildman–Crippen LogP) is 1.32. The van der Waals surface area contributed by atoms with E-state index >= 15 is 0 Å². The summed E-state index contributed by atoms with van der Waals surface area (Å²) in [5.74, 6) is 1.46. The lowest BCUT2D eigenvalue weighted by Gasteiger charge is -2.11. The second kappa shape index (κ2) is 4.91. The van der Waals surface area contributed by atoms with Gasteiger partial charge in [-0.2, -0.15) is 4.98 Å². The largest absolute Gasteiger partial charge is 0.384 e. The molecule has 1 aliphatic carbocycles. The molecule has 1 saturated carbocycles. The fourth-order valence-corrected chi connectivity index (χ4v) is 2.02. The van der Waals surface area contributed by atoms with Crippen LogP contribution in [0.2, 0.25) is 0 Å². The number of aromatic nitrogens is 2. The van der Waals surface area contributed by atoms with Crippen LogP contribution in [0.3, 0.4) is 0 Å². The molecule has 0 spiro atoms. The first-order valence-electron chi connectivity index (χ1n) is 5.96. The SMILES string of the molecule is Nc1nc(=O)[nH]c2ccc(NC[C]3[CH][CH][CH][CH]3)cc12. The zero-order valence-electron chi connectivity index (χ0n) is 10.2. The van der Waals surface area contributed by atoms with E-state index in [9.17, 15) is 4.79 Å². The first-order chi connectivity index (χ1) is 9.22. The van der Waals surface area contributed by atoms with Crippen molar-refractivity contribution in [2.75, 3.05) is 17.6 Å². The smallest absolute Gasteiger partial charge is 0.347 e. The minimum Gasteiger partial charge on any atom is -0.384 e. The van der Waals surface area contributed by atoms with Gasteiger partial charge in [-0.15, -0.1) is 0 Å². The molecule has 0 aliphatic heterocycles. The molecule has 5 nitrogen and oxygen atoms in total. The third kappa shape index (κ3) is 2.54. The van der Waals surface area contributed by atoms with Crippen molar-refractivity contribution in [2.24, 2.45) is 0 Å². The number of anilines is 2. The maximum atomic E-state index is 11.2. The van der Waals surface area contributed by atoms with Gasteiger partial charge in [0.2, 0.25) is 0 Å². The number of H-pyrrole nitrogens is 1. The Kier molecular flexibility index (Phi) is 3.11. The van der Waals surface area contributed by atoms with E-state index in [-0.39, 0.29) is 5.82 Å². The van der Waals surface area contributed by atoms with E-state index in [2.05, 4.69) is 28.1 Å². The third-order valence-corrected chi connectivity index (χ3v) is 2.99. The molecule has 0 unspecified atom stereocenters. The molecule has 4 N–H and O–H groups in total. The average molecular weight is 253 g/mol. The first kappa shape index (κ1) is 12.0. The van der Waals surface area contributed by atoms with Crippen LogP contribution in [-0.4, -0.2) is 16.5 Å². The van der Waals surface area contributed by atoms with Crippen LogP contribution in [0.1, 0.15) is 0 Å². The summed E-state index contributed by atoms with van der Waals surface area (Å²) in [5, 5.41) is 4.05. The number of rotatable bonds is 3. The van der Waals surface area contributed by atoms with Gasteiger partial charge in [0.25, 0.3) is 0 Å². The van der Waals surface area contributed by atoms with E-state index in [0.29, 0.717) is 5.52 Å². The van der Waals surface area contributed by atoms with Crippen molar-refractivity contribution in [3.05, 3.63) is 60.3 Å². The van der Waals surface area contributed by atoms with Crippen LogP contribution < -0.4 is 16.7 Å². The Balaban J connectivity index is 1.82. The van der Waals surface area contributed by atoms with Gasteiger partial charge in [0.15, 0.2) is 0 Å². The minimum atomic E-state index is -0.428. The van der Waals surface area contributed by atoms with Crippen LogP contribution in [0.15, 0.2) is 23.0 Å². The van der Waals surface area contributed by atoms with Crippen LogP contribution >= 0.6 is 0 Å². The van der Waals surface area contributed by atoms with E-state index in [0.717, 1.165) is 17.6 Å². The monoisotopic (exact) mass is 253 g/mol. The second-order valence-electron chi connectivity index (χ2n) is 4.33. The third-order valence-electron chi connectivity index (χ3n) is 2.99. The molecule has 19 heavy (non-hydrogen) atoms. The number of benzene rings is 1. The molecule has 1 aliphatic rings. The summed E-state index contributed by atoms with van der Waals surface area (Å²) in [6.45, 7) is 0.745. The van der Waals surface area contributed by atoms with Crippen molar-refractivity contribution in [3.8, 4) is 0 Å². The Morgan fingerprint density at radius 2 is 2.05 bits per heavy atom. The summed E-state index contributed by atoms with van der Waals surface area (Å²) in [6.07, 6.45) is 8.12. The molecule has 0 bridgehead atoms. The molecule has 95 valence electrons. The molecule has 1 aromatic heterocycles. The lowest BCUT2D eigenvalue weighted by atomic mass is 10.1. The fourth-order valence-electron chi connectivity index (χ4n) is 2.02. The number of hydrogen-bond acceptors (Lipinski definition) is 4. The number of nitrogens with one attached hydrogen (secondary N) is 2. The summed E-state index contributed by atoms with van der Waals surface area (Å²) in [7, 11) is 0. The van der Waals surface area contributed by atoms with Gasteiger partial charge in [-0.1, -0.05) is 0 Å². The molecule has 0 saturated heterocycles. The fraction of sp³-hybridized carbons (Fsp3) is 0.0714. The van der Waals surface area contributed by atoms with Gasteiger partial charge in [0.1, 0.15) is 5.82 Å². The number of aromatic amines is 1. The average Bonchev–Trinajstić information content (AvgIpc) is 2.89. The number of nitrogens with two attached hydrogens (primary N) is 1. The maximum Gasteiger partial charge on any atom is 0.347 e. The van der Waals surface area contributed by atoms with Gasteiger partial charge in [-0.3, -0.25) is 0 Å². The number of nitrogens with zero attached hydrogens (tertiary/aromatic N) is 1. The lowest BCUT2D eigenvalue weighted by molar-refractivity contribution is 1.10. The van der Waals surface area contributed by atoms with Crippen molar-refractivity contribution >= 4 is 22.4 Å². The van der Waals surface area contributed by atoms with E-state index in [1.807, 2.05) is 31.0 Å². The summed E-state index contributed by atoms with van der Waals surface area (Å²) in [4.78, 5) is 17.6. The maximum absolute atomic E-state index is 11.2. The van der Waals surface area contributed by atoms with Crippen molar-refractivity contribution in [1.29, 1.82) is 0 Å². The number of fused-ring (bicyclic) bond motifs is 1. The number of nitrogen functional groups attached to an aromatic ring is 1. The van der Waals surface area contributed by atoms with Crippen molar-refractivity contribution in [3.63, 3.8) is 0 Å². The summed E-state index contributed by atoms with van der Waals surface area (Å²) < 4.78 is 0. The van der Waals surface area contributed by atoms with Crippen molar-refractivity contribution in [2.45, 2.75) is 0 Å². The molecule has 1 aromatic carbocycles. The molecule has 2 aromatic rings. The Bertz CT molecular complexity index is 643. The minimum absolute atomic E-state index is 0.246. The van der Waals surface area contributed by atoms with E-state index in [1.54, 1.807) is 0 Å². The van der Waals surface area contributed by atoms with Crippen LogP contribution in [0.5, 0.6) is 0 Å². The Labute approximate surface area is 111 Å². The zero-order chi connectivity index (χ0) is 13.2. The molecule has 0 atom stereocenters. The summed E-state index contributed by atoms with van der Waals surface area (Å²) >= 11 is 0. The standard InChI is InChI=1S/C14H13N4O/c15-13-11-7-10(16-8-9-3-1-2-4-9)5-6-12(11)17-14(19)18-13/h1-7,16H,8H2,(H3,15,17,18,19).